The van der Waals surface area contributed by atoms with Gasteiger partial charge in [-0.2, -0.15) is 0 Å². The first-order valence-electron chi connectivity index (χ1n) is 9.95. The Hall–Kier alpha value is -2.83. The van der Waals surface area contributed by atoms with Crippen LogP contribution in [0.3, 0.4) is 0 Å². The molecule has 3 rings (SSSR count). The van der Waals surface area contributed by atoms with Crippen molar-refractivity contribution in [2.24, 2.45) is 10.9 Å². The summed E-state index contributed by atoms with van der Waals surface area (Å²) in [6.45, 7) is 11.2. The molecule has 29 heavy (non-hydrogen) atoms. The van der Waals surface area contributed by atoms with E-state index in [4.69, 9.17) is 4.74 Å². The highest BCUT2D eigenvalue weighted by atomic mass is 16.6. The van der Waals surface area contributed by atoms with Crippen LogP contribution in [0.2, 0.25) is 0 Å². The molecule has 0 saturated carbocycles. The maximum absolute atomic E-state index is 12.6. The fourth-order valence-electron chi connectivity index (χ4n) is 3.31. The quantitative estimate of drug-likeness (QED) is 0.719. The molecule has 2 heterocycles. The molecule has 2 atom stereocenters. The molecule has 1 aromatic heterocycles. The van der Waals surface area contributed by atoms with Gasteiger partial charge in [-0.15, -0.1) is 0 Å². The minimum absolute atomic E-state index is 0.0234. The SMILES string of the molecule is CC(C)C1(C)N=C(C(Cc2c[nH]c3ccccc23)NC(=O)OC(C)(C)C)NC1=O. The Kier molecular flexibility index (Phi) is 5.43. The summed E-state index contributed by atoms with van der Waals surface area (Å²) in [5.41, 5.74) is 0.561. The van der Waals surface area contributed by atoms with E-state index >= 15 is 0 Å². The maximum atomic E-state index is 12.6. The van der Waals surface area contributed by atoms with Crippen molar-refractivity contribution in [3.8, 4) is 0 Å². The summed E-state index contributed by atoms with van der Waals surface area (Å²) in [4.78, 5) is 33.0. The minimum atomic E-state index is -0.858. The van der Waals surface area contributed by atoms with E-state index in [1.807, 2.05) is 72.0 Å². The van der Waals surface area contributed by atoms with Crippen LogP contribution in [-0.4, -0.2) is 40.0 Å². The van der Waals surface area contributed by atoms with E-state index in [2.05, 4.69) is 20.6 Å². The maximum Gasteiger partial charge on any atom is 0.408 e. The minimum Gasteiger partial charge on any atom is -0.444 e. The molecule has 1 aliphatic heterocycles. The smallest absolute Gasteiger partial charge is 0.408 e. The number of alkyl carbamates (subject to hydrolysis) is 1. The summed E-state index contributed by atoms with van der Waals surface area (Å²) < 4.78 is 5.44. The molecular formula is C22H30N4O3. The number of rotatable bonds is 5. The van der Waals surface area contributed by atoms with Crippen LogP contribution in [0.1, 0.15) is 47.1 Å². The van der Waals surface area contributed by atoms with Crippen molar-refractivity contribution < 1.29 is 14.3 Å². The number of H-pyrrole nitrogens is 1. The number of aliphatic imine (C=N–C) groups is 1. The van der Waals surface area contributed by atoms with E-state index in [1.165, 1.54) is 0 Å². The van der Waals surface area contributed by atoms with Crippen molar-refractivity contribution in [1.82, 2.24) is 15.6 Å². The number of nitrogens with one attached hydrogen (secondary N) is 3. The first-order chi connectivity index (χ1) is 13.5. The van der Waals surface area contributed by atoms with Crippen molar-refractivity contribution in [2.45, 2.75) is 65.1 Å². The topological polar surface area (TPSA) is 95.6 Å². The number of amides is 2. The predicted octanol–water partition coefficient (Wildman–Crippen LogP) is 3.55. The lowest BCUT2D eigenvalue weighted by Gasteiger charge is -2.24. The van der Waals surface area contributed by atoms with Gasteiger partial charge in [-0.3, -0.25) is 9.79 Å². The predicted molar refractivity (Wildman–Crippen MR) is 114 cm³/mol. The van der Waals surface area contributed by atoms with Crippen LogP contribution < -0.4 is 10.6 Å². The Labute approximate surface area is 171 Å². The van der Waals surface area contributed by atoms with Gasteiger partial charge in [0.1, 0.15) is 17.0 Å². The van der Waals surface area contributed by atoms with Gasteiger partial charge in [0.15, 0.2) is 0 Å². The first-order valence-corrected chi connectivity index (χ1v) is 9.95. The molecule has 2 unspecified atom stereocenters. The number of carbonyl (C=O) groups excluding carboxylic acids is 2. The number of nitrogens with zero attached hydrogens (tertiary/aromatic N) is 1. The standard InChI is InChI=1S/C22H30N4O3/c1-13(2)22(6)19(27)25-18(26-22)17(24-20(28)29-21(3,4)5)11-14-12-23-16-10-8-7-9-15(14)16/h7-10,12-13,17,23H,11H2,1-6H3,(H,24,28)(H,25,26,27). The van der Waals surface area contributed by atoms with Crippen molar-refractivity contribution in [3.05, 3.63) is 36.0 Å². The Morgan fingerprint density at radius 2 is 1.97 bits per heavy atom. The van der Waals surface area contributed by atoms with Crippen LogP contribution in [-0.2, 0) is 16.0 Å². The Balaban J connectivity index is 1.92. The number of fused-ring (bicyclic) bond motifs is 1. The molecule has 2 aromatic rings. The normalized spacial score (nSPS) is 20.5. The molecule has 0 bridgehead atoms. The fraction of sp³-hybridized carbons (Fsp3) is 0.500. The van der Waals surface area contributed by atoms with Gasteiger partial charge < -0.3 is 20.4 Å². The zero-order chi connectivity index (χ0) is 21.4. The van der Waals surface area contributed by atoms with E-state index in [1.54, 1.807) is 0 Å². The molecule has 7 nitrogen and oxygen atoms in total. The largest absolute Gasteiger partial charge is 0.444 e. The molecule has 2 amide bonds. The number of benzene rings is 1. The van der Waals surface area contributed by atoms with Crippen LogP contribution in [0.25, 0.3) is 10.9 Å². The lowest BCUT2D eigenvalue weighted by Crippen LogP contribution is -2.49. The number of carbonyl (C=O) groups is 2. The van der Waals surface area contributed by atoms with Gasteiger partial charge in [0.05, 0.1) is 6.04 Å². The van der Waals surface area contributed by atoms with Crippen LogP contribution in [0, 0.1) is 5.92 Å². The van der Waals surface area contributed by atoms with Gasteiger partial charge >= 0.3 is 6.09 Å². The van der Waals surface area contributed by atoms with Crippen molar-refractivity contribution in [2.75, 3.05) is 0 Å². The van der Waals surface area contributed by atoms with Gasteiger partial charge in [-0.1, -0.05) is 32.0 Å². The zero-order valence-electron chi connectivity index (χ0n) is 17.9. The second-order valence-electron chi connectivity index (χ2n) is 9.02. The van der Waals surface area contributed by atoms with Crippen LogP contribution in [0.15, 0.2) is 35.5 Å². The third-order valence-electron chi connectivity index (χ3n) is 5.30. The van der Waals surface area contributed by atoms with Crippen molar-refractivity contribution in [1.29, 1.82) is 0 Å². The summed E-state index contributed by atoms with van der Waals surface area (Å²) in [6, 6.07) is 7.45. The van der Waals surface area contributed by atoms with E-state index < -0.39 is 23.3 Å². The molecular weight excluding hydrogens is 368 g/mol. The second kappa shape index (κ2) is 7.54. The number of aromatic nitrogens is 1. The first kappa shape index (κ1) is 20.9. The van der Waals surface area contributed by atoms with Crippen LogP contribution in [0.5, 0.6) is 0 Å². The highest BCUT2D eigenvalue weighted by Gasteiger charge is 2.43. The fourth-order valence-corrected chi connectivity index (χ4v) is 3.31. The number of hydrogen-bond acceptors (Lipinski definition) is 4. The van der Waals surface area contributed by atoms with Crippen LogP contribution >= 0.6 is 0 Å². The highest BCUT2D eigenvalue weighted by Crippen LogP contribution is 2.27. The molecule has 3 N–H and O–H groups in total. The monoisotopic (exact) mass is 398 g/mol. The van der Waals surface area contributed by atoms with E-state index in [0.29, 0.717) is 12.3 Å². The van der Waals surface area contributed by atoms with Crippen molar-refractivity contribution in [3.63, 3.8) is 0 Å². The van der Waals surface area contributed by atoms with Gasteiger partial charge in [-0.25, -0.2) is 4.79 Å². The molecule has 0 spiro atoms. The van der Waals surface area contributed by atoms with Gasteiger partial charge in [0.25, 0.3) is 5.91 Å². The molecule has 0 radical (unpaired) electrons. The number of ether oxygens (including phenoxy) is 1. The van der Waals surface area contributed by atoms with Gasteiger partial charge in [0.2, 0.25) is 0 Å². The third-order valence-corrected chi connectivity index (χ3v) is 5.30. The molecule has 1 aliphatic rings. The summed E-state index contributed by atoms with van der Waals surface area (Å²) >= 11 is 0. The number of para-hydroxylation sites is 1. The molecule has 156 valence electrons. The second-order valence-corrected chi connectivity index (χ2v) is 9.02. The van der Waals surface area contributed by atoms with Gasteiger partial charge in [-0.05, 0) is 45.2 Å². The molecule has 0 aliphatic carbocycles. The molecule has 1 aromatic carbocycles. The van der Waals surface area contributed by atoms with E-state index in [0.717, 1.165) is 16.5 Å². The molecule has 0 saturated heterocycles. The Morgan fingerprint density at radius 1 is 1.28 bits per heavy atom. The number of hydrogen-bond donors (Lipinski definition) is 3. The average molecular weight is 399 g/mol. The number of aromatic amines is 1. The Morgan fingerprint density at radius 3 is 2.59 bits per heavy atom. The lowest BCUT2D eigenvalue weighted by molar-refractivity contribution is -0.124. The highest BCUT2D eigenvalue weighted by molar-refractivity contribution is 6.11. The summed E-state index contributed by atoms with van der Waals surface area (Å²) in [5.74, 6) is 0.329. The number of amidine groups is 1. The average Bonchev–Trinajstić information content (AvgIpc) is 3.15. The summed E-state index contributed by atoms with van der Waals surface area (Å²) in [5, 5.41) is 6.85. The summed E-state index contributed by atoms with van der Waals surface area (Å²) in [7, 11) is 0. The molecule has 0 fully saturated rings. The van der Waals surface area contributed by atoms with Gasteiger partial charge in [0, 0.05) is 23.5 Å². The van der Waals surface area contributed by atoms with Crippen molar-refractivity contribution >= 4 is 28.7 Å². The Bertz CT molecular complexity index is 954. The lowest BCUT2D eigenvalue weighted by atomic mass is 9.89. The summed E-state index contributed by atoms with van der Waals surface area (Å²) in [6.07, 6.45) is 1.85. The van der Waals surface area contributed by atoms with E-state index in [-0.39, 0.29) is 11.8 Å². The van der Waals surface area contributed by atoms with E-state index in [9.17, 15) is 9.59 Å². The van der Waals surface area contributed by atoms with Crippen LogP contribution in [0.4, 0.5) is 4.79 Å². The third kappa shape index (κ3) is 4.44. The molecule has 7 heteroatoms. The zero-order valence-corrected chi connectivity index (χ0v) is 17.9.